The van der Waals surface area contributed by atoms with Gasteiger partial charge in [-0.05, 0) is 52.4 Å². The van der Waals surface area contributed by atoms with Crippen molar-refractivity contribution in [3.8, 4) is 0 Å². The highest BCUT2D eigenvalue weighted by atomic mass is 16.7. The molecular weight excluding hydrogens is 284 g/mol. The third-order valence-electron chi connectivity index (χ3n) is 4.79. The Labute approximate surface area is 133 Å². The Bertz CT molecular complexity index is 372. The molecule has 22 heavy (non-hydrogen) atoms. The van der Waals surface area contributed by atoms with Gasteiger partial charge in [0.1, 0.15) is 0 Å². The lowest BCUT2D eigenvalue weighted by Gasteiger charge is -2.37. The van der Waals surface area contributed by atoms with Crippen LogP contribution in [0.2, 0.25) is 0 Å². The number of carbonyl (C=O) groups excluding carboxylic acids is 1. The van der Waals surface area contributed by atoms with E-state index in [4.69, 9.17) is 14.2 Å². The molecule has 5 nitrogen and oxygen atoms in total. The molecule has 0 aromatic carbocycles. The minimum Gasteiger partial charge on any atom is -0.466 e. The summed E-state index contributed by atoms with van der Waals surface area (Å²) in [6.07, 6.45) is 2.85. The number of rotatable bonds is 7. The summed E-state index contributed by atoms with van der Waals surface area (Å²) >= 11 is 0. The highest BCUT2D eigenvalue weighted by molar-refractivity contribution is 5.75. The highest BCUT2D eigenvalue weighted by Crippen LogP contribution is 2.43. The van der Waals surface area contributed by atoms with Crippen LogP contribution in [0, 0.1) is 17.8 Å². The second-order valence-corrected chi connectivity index (χ2v) is 6.87. The van der Waals surface area contributed by atoms with Gasteiger partial charge in [-0.15, -0.1) is 0 Å². The molecule has 0 spiro atoms. The van der Waals surface area contributed by atoms with Crippen molar-refractivity contribution in [2.45, 2.75) is 78.0 Å². The van der Waals surface area contributed by atoms with Gasteiger partial charge in [-0.3, -0.25) is 4.79 Å². The molecule has 0 radical (unpaired) electrons. The fourth-order valence-corrected chi connectivity index (χ4v) is 3.14. The summed E-state index contributed by atoms with van der Waals surface area (Å²) in [7, 11) is 0. The second-order valence-electron chi connectivity index (χ2n) is 6.87. The van der Waals surface area contributed by atoms with E-state index >= 15 is 0 Å². The number of hydrogen-bond acceptors (Lipinski definition) is 5. The zero-order valence-corrected chi connectivity index (χ0v) is 14.2. The number of carbonyl (C=O) groups is 1. The van der Waals surface area contributed by atoms with Gasteiger partial charge >= 0.3 is 5.97 Å². The fourth-order valence-electron chi connectivity index (χ4n) is 3.14. The van der Waals surface area contributed by atoms with E-state index in [1.165, 1.54) is 0 Å². The van der Waals surface area contributed by atoms with Crippen molar-refractivity contribution in [2.24, 2.45) is 17.8 Å². The zero-order chi connectivity index (χ0) is 16.3. The van der Waals surface area contributed by atoms with Crippen LogP contribution in [0.1, 0.15) is 53.4 Å². The highest BCUT2D eigenvalue weighted by Gasteiger charge is 2.43. The average Bonchev–Trinajstić information content (AvgIpc) is 3.22. The first kappa shape index (κ1) is 17.7. The molecule has 7 atom stereocenters. The standard InChI is InChI=1S/C17H30O5/c1-5-20-16(19)14-9-13(14)7-6-11(3)21-17-10(2)8-15(18)12(4)22-17/h10-15,17-18H,5-9H2,1-4H3/t10-,11-,12+,13?,14?,15?,17?/m1/s1. The SMILES string of the molecule is CCOC(=O)C1CC1CC[C@@H](C)OC1O[C@@H](C)C(O)C[C@H]1C. The van der Waals surface area contributed by atoms with E-state index in [0.29, 0.717) is 18.9 Å². The molecule has 1 heterocycles. The van der Waals surface area contributed by atoms with Gasteiger partial charge in [-0.25, -0.2) is 0 Å². The van der Waals surface area contributed by atoms with Gasteiger partial charge in [0.2, 0.25) is 0 Å². The van der Waals surface area contributed by atoms with Crippen LogP contribution in [0.15, 0.2) is 0 Å². The zero-order valence-electron chi connectivity index (χ0n) is 14.2. The van der Waals surface area contributed by atoms with Crippen LogP contribution < -0.4 is 0 Å². The molecule has 2 aliphatic rings. The molecule has 128 valence electrons. The van der Waals surface area contributed by atoms with E-state index < -0.39 is 6.10 Å². The topological polar surface area (TPSA) is 65.0 Å². The molecule has 2 fully saturated rings. The Balaban J connectivity index is 1.66. The molecule has 5 heteroatoms. The molecule has 0 aromatic rings. The van der Waals surface area contributed by atoms with Crippen LogP contribution in [0.5, 0.6) is 0 Å². The monoisotopic (exact) mass is 314 g/mol. The maximum atomic E-state index is 11.6. The molecular formula is C17H30O5. The Morgan fingerprint density at radius 1 is 1.36 bits per heavy atom. The lowest BCUT2D eigenvalue weighted by molar-refractivity contribution is -0.255. The van der Waals surface area contributed by atoms with Gasteiger partial charge in [0.15, 0.2) is 6.29 Å². The predicted octanol–water partition coefficient (Wildman–Crippen LogP) is 2.50. The lowest BCUT2D eigenvalue weighted by Crippen LogP contribution is -2.44. The summed E-state index contributed by atoms with van der Waals surface area (Å²) in [5, 5.41) is 9.78. The first-order chi connectivity index (χ1) is 10.4. The van der Waals surface area contributed by atoms with Crippen molar-refractivity contribution in [3.63, 3.8) is 0 Å². The van der Waals surface area contributed by atoms with Crippen molar-refractivity contribution in [1.29, 1.82) is 0 Å². The maximum absolute atomic E-state index is 11.6. The summed E-state index contributed by atoms with van der Waals surface area (Å²) in [5.74, 6) is 0.706. The molecule has 1 aliphatic heterocycles. The fraction of sp³-hybridized carbons (Fsp3) is 0.941. The van der Waals surface area contributed by atoms with Crippen LogP contribution in [-0.2, 0) is 19.0 Å². The van der Waals surface area contributed by atoms with E-state index in [9.17, 15) is 9.90 Å². The second kappa shape index (κ2) is 7.75. The summed E-state index contributed by atoms with van der Waals surface area (Å²) in [5.41, 5.74) is 0. The molecule has 0 bridgehead atoms. The number of aliphatic hydroxyl groups is 1. The van der Waals surface area contributed by atoms with Crippen molar-refractivity contribution < 1.29 is 24.1 Å². The van der Waals surface area contributed by atoms with Gasteiger partial charge in [-0.2, -0.15) is 0 Å². The van der Waals surface area contributed by atoms with Crippen LogP contribution >= 0.6 is 0 Å². The van der Waals surface area contributed by atoms with E-state index in [2.05, 4.69) is 0 Å². The molecule has 1 N–H and O–H groups in total. The Kier molecular flexibility index (Phi) is 6.24. The molecule has 1 aliphatic carbocycles. The van der Waals surface area contributed by atoms with Crippen LogP contribution in [0.3, 0.4) is 0 Å². The lowest BCUT2D eigenvalue weighted by atomic mass is 9.96. The molecule has 1 saturated heterocycles. The van der Waals surface area contributed by atoms with E-state index in [1.807, 2.05) is 27.7 Å². The van der Waals surface area contributed by atoms with Gasteiger partial charge in [0.25, 0.3) is 0 Å². The number of aliphatic hydroxyl groups excluding tert-OH is 1. The molecule has 1 saturated carbocycles. The van der Waals surface area contributed by atoms with Gasteiger partial charge in [0, 0.05) is 5.92 Å². The first-order valence-electron chi connectivity index (χ1n) is 8.58. The van der Waals surface area contributed by atoms with Crippen LogP contribution in [-0.4, -0.2) is 42.3 Å². The summed E-state index contributed by atoms with van der Waals surface area (Å²) in [4.78, 5) is 11.6. The van der Waals surface area contributed by atoms with Gasteiger partial charge in [-0.1, -0.05) is 6.92 Å². The first-order valence-corrected chi connectivity index (χ1v) is 8.58. The van der Waals surface area contributed by atoms with Crippen LogP contribution in [0.25, 0.3) is 0 Å². The molecule has 0 amide bonds. The number of esters is 1. The average molecular weight is 314 g/mol. The van der Waals surface area contributed by atoms with Gasteiger partial charge in [0.05, 0.1) is 30.8 Å². The number of hydrogen-bond donors (Lipinski definition) is 1. The maximum Gasteiger partial charge on any atom is 0.309 e. The van der Waals surface area contributed by atoms with Gasteiger partial charge < -0.3 is 19.3 Å². The number of ether oxygens (including phenoxy) is 3. The van der Waals surface area contributed by atoms with Crippen molar-refractivity contribution in [1.82, 2.24) is 0 Å². The van der Waals surface area contributed by atoms with Crippen molar-refractivity contribution in [3.05, 3.63) is 0 Å². The molecule has 2 rings (SSSR count). The summed E-state index contributed by atoms with van der Waals surface area (Å²) in [6, 6.07) is 0. The van der Waals surface area contributed by atoms with E-state index in [0.717, 1.165) is 19.3 Å². The van der Waals surface area contributed by atoms with E-state index in [1.54, 1.807) is 0 Å². The third kappa shape index (κ3) is 4.67. The minimum atomic E-state index is -0.401. The minimum absolute atomic E-state index is 0.0480. The summed E-state index contributed by atoms with van der Waals surface area (Å²) in [6.45, 7) is 8.28. The predicted molar refractivity (Wildman–Crippen MR) is 82.1 cm³/mol. The van der Waals surface area contributed by atoms with Crippen LogP contribution in [0.4, 0.5) is 0 Å². The van der Waals surface area contributed by atoms with Crippen molar-refractivity contribution in [2.75, 3.05) is 6.61 Å². The largest absolute Gasteiger partial charge is 0.466 e. The molecule has 0 aromatic heterocycles. The smallest absolute Gasteiger partial charge is 0.309 e. The normalized spacial score (nSPS) is 39.3. The van der Waals surface area contributed by atoms with E-state index in [-0.39, 0.29) is 36.3 Å². The third-order valence-corrected chi connectivity index (χ3v) is 4.79. The Hall–Kier alpha value is -0.650. The summed E-state index contributed by atoms with van der Waals surface area (Å²) < 4.78 is 16.8. The quantitative estimate of drug-likeness (QED) is 0.731. The van der Waals surface area contributed by atoms with Crippen molar-refractivity contribution >= 4 is 5.97 Å². The molecule has 4 unspecified atom stereocenters. The Morgan fingerprint density at radius 3 is 2.77 bits per heavy atom. The Morgan fingerprint density at radius 2 is 2.09 bits per heavy atom.